The summed E-state index contributed by atoms with van der Waals surface area (Å²) >= 11 is 0. The molecule has 22 aromatic rings. The van der Waals surface area contributed by atoms with Crippen LogP contribution in [0.4, 0.5) is 165 Å². The maximum atomic E-state index is 5.72. The molecule has 0 atom stereocenters. The third-order valence-electron chi connectivity index (χ3n) is 25.8. The van der Waals surface area contributed by atoms with Crippen LogP contribution in [0.5, 0.6) is 0 Å². The quantitative estimate of drug-likeness (QED) is 0.0384. The van der Waals surface area contributed by atoms with Gasteiger partial charge in [-0.1, -0.05) is 255 Å². The van der Waals surface area contributed by atoms with Crippen molar-refractivity contribution < 1.29 is 0 Å². The molecule has 0 aliphatic rings. The van der Waals surface area contributed by atoms with E-state index in [9.17, 15) is 0 Å². The molecule has 0 unspecified atom stereocenters. The Morgan fingerprint density at radius 2 is 0.234 bits per heavy atom. The first kappa shape index (κ1) is 90.5. The topological polar surface area (TPSA) is 53.9 Å². The molecule has 0 fully saturated rings. The zero-order chi connectivity index (χ0) is 97.1. The van der Waals surface area contributed by atoms with Crippen molar-refractivity contribution in [2.45, 2.75) is 0 Å². The van der Waals surface area contributed by atoms with Crippen LogP contribution < -0.4 is 44.1 Å². The predicted octanol–water partition coefficient (Wildman–Crippen LogP) is 37.8. The highest BCUT2D eigenvalue weighted by molar-refractivity contribution is 6.14. The molecular weight excluding hydrogens is 1760 g/mol. The summed E-state index contributed by atoms with van der Waals surface area (Å²) in [7, 11) is 0. The fraction of sp³-hybridized carbons (Fsp3) is 0. The van der Waals surface area contributed by atoms with Crippen LogP contribution in [-0.4, -0.2) is 11.9 Å². The highest BCUT2D eigenvalue weighted by Crippen LogP contribution is 2.48. The van der Waals surface area contributed by atoms with Gasteiger partial charge in [0.15, 0.2) is 0 Å². The Labute approximate surface area is 848 Å². The lowest BCUT2D eigenvalue weighted by atomic mass is 10.0. The Morgan fingerprint density at radius 3 is 0.379 bits per heavy atom. The van der Waals surface area contributed by atoms with Gasteiger partial charge in [0, 0.05) is 171 Å². The SMILES string of the molecule is C(=N/c1ccc(N(c2ccc(N(c3ccccc3)c3ccccc3)cc2)c2ccc(N(c3ccccc3)c3ccccc3)cc2)cc1)/c1ccc(N=C(c2ccc(N(c3ccc(N(c4ccccc4)c4ccccc4)cc3)c3ccc(N(c4ccccc4)c4ccccc4)cc3)cc2)c2ccc(N(c3ccc(N(c4ccccc4)c4ccccc4)cc3)c3ccc(N(c4ccccc4)c4ccccc4)cc3)cc2)cc1. The average molecular weight is 1870 g/mol. The normalized spacial score (nSPS) is 11.0. The lowest BCUT2D eigenvalue weighted by Gasteiger charge is -2.29. The summed E-state index contributed by atoms with van der Waals surface area (Å²) < 4.78 is 0. The molecule has 145 heavy (non-hydrogen) atoms. The number of nitrogens with zero attached hydrogens (tertiary/aromatic N) is 11. The number of para-hydroxylation sites is 12. The van der Waals surface area contributed by atoms with E-state index in [1.165, 1.54) is 0 Å². The summed E-state index contributed by atoms with van der Waals surface area (Å²) in [5.74, 6) is 0. The summed E-state index contributed by atoms with van der Waals surface area (Å²) in [4.78, 5) is 31.6. The number of rotatable bonds is 32. The van der Waals surface area contributed by atoms with Crippen LogP contribution in [0, 0.1) is 0 Å². The monoisotopic (exact) mass is 1860 g/mol. The summed E-state index contributed by atoms with van der Waals surface area (Å²) in [6.07, 6.45) is 1.93. The molecule has 11 heteroatoms. The van der Waals surface area contributed by atoms with Gasteiger partial charge in [-0.15, -0.1) is 0 Å². The first-order valence-electron chi connectivity index (χ1n) is 48.9. The Hall–Kier alpha value is -19.6. The van der Waals surface area contributed by atoms with Crippen LogP contribution in [0.15, 0.2) is 617 Å². The molecule has 11 nitrogen and oxygen atoms in total. The second kappa shape index (κ2) is 43.2. The first-order valence-corrected chi connectivity index (χ1v) is 48.9. The highest BCUT2D eigenvalue weighted by Gasteiger charge is 2.26. The van der Waals surface area contributed by atoms with Crippen LogP contribution >= 0.6 is 0 Å². The van der Waals surface area contributed by atoms with Gasteiger partial charge in [-0.05, 0) is 357 Å². The van der Waals surface area contributed by atoms with Crippen LogP contribution in [-0.2, 0) is 0 Å². The number of hydrogen-bond acceptors (Lipinski definition) is 11. The standard InChI is InChI=1S/C134H101N11/c1-13-37-107(38-14-1)137(108-39-15-2-16-40-108)122-77-89-128(90-78-122)143(129-91-79-123(80-92-129)138(109-41-17-3-18-42-109)110-43-19-4-20-44-110)119-71-63-103(64-72-119)134(104-65-73-120(74-66-104)144(130-93-81-124(82-94-130)139(111-45-21-5-22-46-111)112-47-23-6-24-48-112)131-95-83-125(84-96-131)140(113-49-25-7-26-50-113)114-51-27-8-28-52-114)136-106-67-61-102(62-68-106)101-135-105-69-75-121(76-70-105)145(132-97-85-126(86-98-132)141(115-53-29-9-30-54-115)116-55-31-10-32-56-116)133-99-87-127(88-100-133)142(117-57-33-11-34-58-117)118-59-35-12-36-60-118/h1-101H/b135-101-. The zero-order valence-corrected chi connectivity index (χ0v) is 79.7. The maximum Gasteiger partial charge on any atom is 0.0781 e. The van der Waals surface area contributed by atoms with E-state index in [0.29, 0.717) is 0 Å². The molecule has 0 aliphatic carbocycles. The van der Waals surface area contributed by atoms with Crippen molar-refractivity contribution in [3.05, 3.63) is 623 Å². The summed E-state index contributed by atoms with van der Waals surface area (Å²) in [5, 5.41) is 0. The zero-order valence-electron chi connectivity index (χ0n) is 79.7. The van der Waals surface area contributed by atoms with E-state index in [1.54, 1.807) is 0 Å². The molecule has 0 amide bonds. The Morgan fingerprint density at radius 1 is 0.117 bits per heavy atom. The molecule has 692 valence electrons. The molecule has 0 bridgehead atoms. The van der Waals surface area contributed by atoms with Crippen LogP contribution in [0.2, 0.25) is 0 Å². The Balaban J connectivity index is 0.627. The van der Waals surface area contributed by atoms with Crippen molar-refractivity contribution >= 4 is 177 Å². The molecule has 0 saturated carbocycles. The molecule has 22 aromatic carbocycles. The van der Waals surface area contributed by atoms with Crippen molar-refractivity contribution in [2.24, 2.45) is 9.98 Å². The summed E-state index contributed by atoms with van der Waals surface area (Å²) in [6, 6.07) is 215. The van der Waals surface area contributed by atoms with Crippen molar-refractivity contribution in [2.75, 3.05) is 44.1 Å². The lowest BCUT2D eigenvalue weighted by Crippen LogP contribution is -2.13. The van der Waals surface area contributed by atoms with E-state index >= 15 is 0 Å². The highest BCUT2D eigenvalue weighted by atomic mass is 15.2. The Kier molecular flexibility index (Phi) is 27.0. The Bertz CT molecular complexity index is 7050. The van der Waals surface area contributed by atoms with E-state index in [0.717, 1.165) is 187 Å². The van der Waals surface area contributed by atoms with Crippen molar-refractivity contribution in [3.63, 3.8) is 0 Å². The molecule has 0 radical (unpaired) electrons. The van der Waals surface area contributed by atoms with Crippen LogP contribution in [0.1, 0.15) is 16.7 Å². The molecule has 0 spiro atoms. The number of benzene rings is 22. The van der Waals surface area contributed by atoms with Crippen molar-refractivity contribution in [1.82, 2.24) is 0 Å². The van der Waals surface area contributed by atoms with E-state index in [1.807, 2.05) is 6.21 Å². The largest absolute Gasteiger partial charge is 0.311 e. The smallest absolute Gasteiger partial charge is 0.0781 e. The van der Waals surface area contributed by atoms with Crippen molar-refractivity contribution in [3.8, 4) is 0 Å². The second-order valence-electron chi connectivity index (χ2n) is 35.1. The minimum Gasteiger partial charge on any atom is -0.311 e. The fourth-order valence-electron chi connectivity index (χ4n) is 18.9. The third-order valence-corrected chi connectivity index (χ3v) is 25.8. The fourth-order valence-corrected chi connectivity index (χ4v) is 18.9. The number of anilines is 27. The molecule has 0 heterocycles. The molecule has 0 aliphatic heterocycles. The summed E-state index contributed by atoms with van der Waals surface area (Å²) in [5.41, 5.74) is 32.9. The van der Waals surface area contributed by atoms with Crippen LogP contribution in [0.25, 0.3) is 0 Å². The van der Waals surface area contributed by atoms with E-state index < -0.39 is 0 Å². The van der Waals surface area contributed by atoms with Gasteiger partial charge in [0.25, 0.3) is 0 Å². The molecule has 22 rings (SSSR count). The minimum atomic E-state index is 0.773. The van der Waals surface area contributed by atoms with Gasteiger partial charge >= 0.3 is 0 Å². The van der Waals surface area contributed by atoms with Crippen LogP contribution in [0.3, 0.4) is 0 Å². The summed E-state index contributed by atoms with van der Waals surface area (Å²) in [6.45, 7) is 0. The van der Waals surface area contributed by atoms with Gasteiger partial charge in [-0.2, -0.15) is 0 Å². The van der Waals surface area contributed by atoms with E-state index in [2.05, 4.69) is 651 Å². The van der Waals surface area contributed by atoms with Gasteiger partial charge in [0.2, 0.25) is 0 Å². The van der Waals surface area contributed by atoms with Gasteiger partial charge in [-0.25, -0.2) is 4.99 Å². The molecule has 0 saturated heterocycles. The van der Waals surface area contributed by atoms with E-state index in [-0.39, 0.29) is 0 Å². The number of hydrogen-bond donors (Lipinski definition) is 0. The van der Waals surface area contributed by atoms with Gasteiger partial charge < -0.3 is 44.1 Å². The van der Waals surface area contributed by atoms with Crippen molar-refractivity contribution in [1.29, 1.82) is 0 Å². The molecule has 0 aromatic heterocycles. The lowest BCUT2D eigenvalue weighted by molar-refractivity contribution is 1.24. The molecular formula is C134H101N11. The maximum absolute atomic E-state index is 5.72. The first-order chi connectivity index (χ1) is 71.9. The average Bonchev–Trinajstić information content (AvgIpc) is 0.781. The second-order valence-corrected chi connectivity index (χ2v) is 35.1. The van der Waals surface area contributed by atoms with Gasteiger partial charge in [0.05, 0.1) is 17.1 Å². The third kappa shape index (κ3) is 20.5. The number of aliphatic imine (C=N–C) groups is 2. The van der Waals surface area contributed by atoms with Gasteiger partial charge in [-0.3, -0.25) is 4.99 Å². The minimum absolute atomic E-state index is 0.773. The molecule has 0 N–H and O–H groups in total. The van der Waals surface area contributed by atoms with Gasteiger partial charge in [0.1, 0.15) is 0 Å². The predicted molar refractivity (Wildman–Crippen MR) is 610 cm³/mol. The van der Waals surface area contributed by atoms with E-state index in [4.69, 9.17) is 9.98 Å².